The Morgan fingerprint density at radius 2 is 0.819 bits per heavy atom. The molecule has 15 rings (SSSR count). The zero-order valence-corrected chi connectivity index (χ0v) is 93.9. The maximum absolute atomic E-state index is 12.4. The number of ketones is 6. The molecule has 9 nitrogen and oxygen atoms in total. The van der Waals surface area contributed by atoms with Crippen LogP contribution in [0.5, 0.6) is 0 Å². The molecule has 6 saturated heterocycles. The average molecular weight is 2280 g/mol. The molecule has 6 aromatic carbocycles. The van der Waals surface area contributed by atoms with E-state index in [4.69, 9.17) is 13.0 Å². The zero-order valence-electron chi connectivity index (χ0n) is 85.2. The molecule has 0 amide bonds. The van der Waals surface area contributed by atoms with Gasteiger partial charge in [0.2, 0.25) is 17.4 Å². The van der Waals surface area contributed by atoms with Gasteiger partial charge in [-0.05, 0) is 319 Å². The standard InChI is InChI=1S/C22H30I.C19H17S.C13H21OS.C12H19OS.C10H15OS.2C10H19OS.C8H15OS.C7H3F5.CHF3O3S.6CH4/c1-7-21(3,4)17-9-13-19(14-10-17)23-20-15-11-18(12-16-20)22(5,6)8-2;1-16-12-14-19(15-13-16)20(17-8-4-2-5-9-17)18-10-6-3-7-11-18;1-13(2)8-11(7-12(14)9-13)10-15-5-3-4-6-15;13-12(10-14-8-4-5-9-14)11-6-2-1-3-7-11;11-9-5-1-2-6-10(9)12-7-3-4-8-12;2*1-10(2,3)9(11)8-12-6-4-5-7-12;1-2-8(9)7-10-5-3-4-6-10;1-2-3(8)5(10)7(12)6(11)4(2)9;2-1(3,4)8(5,6)7;;;;;;/h9-16H,7-8H2,1-6H3;2-15H,1H3;7H,3-6,8-10H2,1-2H3;6H,1-5,7-10H2;1,5,10H,2-4,6-8H2;2*4-8H2,1-3H3;2-7H2,1H3;1H3;(H,5,6,7);6*1H4/q8*+1;;;;;;;;/p-1. The van der Waals surface area contributed by atoms with E-state index in [1.165, 1.54) is 222 Å². The number of carbonyl (C=O) groups excluding carboxylic acids is 6. The summed E-state index contributed by atoms with van der Waals surface area (Å²) in [6, 6.07) is 49.0. The highest BCUT2D eigenvalue weighted by atomic mass is 127. The van der Waals surface area contributed by atoms with Gasteiger partial charge in [-0.3, -0.25) is 28.8 Å². The lowest BCUT2D eigenvalue weighted by atomic mass is 9.77. The van der Waals surface area contributed by atoms with Crippen molar-refractivity contribution in [1.82, 2.24) is 0 Å². The number of rotatable bonds is 22. The minimum atomic E-state index is -6.09. The Hall–Kier alpha value is -4.91. The predicted molar refractivity (Wildman–Crippen MR) is 612 cm³/mol. The summed E-state index contributed by atoms with van der Waals surface area (Å²) in [6.07, 6.45) is 36.2. The zero-order chi connectivity index (χ0) is 102. The van der Waals surface area contributed by atoms with Crippen LogP contribution in [0.25, 0.3) is 0 Å². The average Bonchev–Trinajstić information content (AvgIpc) is 0.934. The van der Waals surface area contributed by atoms with Crippen LogP contribution in [0.15, 0.2) is 184 Å². The molecule has 0 saturated carbocycles. The van der Waals surface area contributed by atoms with Crippen LogP contribution in [0.1, 0.15) is 318 Å². The number of benzene rings is 6. The van der Waals surface area contributed by atoms with Crippen molar-refractivity contribution in [2.75, 3.05) is 97.8 Å². The van der Waals surface area contributed by atoms with E-state index in [2.05, 4.69) is 202 Å². The normalized spacial score (nSPS) is 17.5. The van der Waals surface area contributed by atoms with Gasteiger partial charge in [0.25, 0.3) is 0 Å². The fourth-order valence-corrected chi connectivity index (χ4v) is 35.2. The van der Waals surface area contributed by atoms with E-state index in [0.717, 1.165) is 80.5 Å². The molecule has 144 heavy (non-hydrogen) atoms. The van der Waals surface area contributed by atoms with E-state index < -0.39 is 50.3 Å². The molecule has 0 aromatic heterocycles. The highest BCUT2D eigenvalue weighted by molar-refractivity contribution is 7.99. The van der Waals surface area contributed by atoms with Crippen molar-refractivity contribution in [2.45, 2.75) is 346 Å². The molecule has 6 heterocycles. The Morgan fingerprint density at radius 3 is 1.17 bits per heavy atom. The molecule has 0 bridgehead atoms. The van der Waals surface area contributed by atoms with Gasteiger partial charge in [0.1, 0.15) is 74.8 Å². The van der Waals surface area contributed by atoms with E-state index in [1.807, 2.05) is 60.6 Å². The smallest absolute Gasteiger partial charge is 0.485 e. The van der Waals surface area contributed by atoms with E-state index >= 15 is 0 Å². The summed E-state index contributed by atoms with van der Waals surface area (Å²) in [4.78, 5) is 73.3. The molecule has 26 heteroatoms. The summed E-state index contributed by atoms with van der Waals surface area (Å²) >= 11 is -0.0793. The Labute approximate surface area is 899 Å². The number of hydrogen-bond donors (Lipinski definition) is 0. The van der Waals surface area contributed by atoms with Crippen LogP contribution in [0, 0.1) is 66.3 Å². The second-order valence-electron chi connectivity index (χ2n) is 40.7. The Balaban J connectivity index is 0.00000159. The van der Waals surface area contributed by atoms with E-state index in [9.17, 15) is 63.9 Å². The lowest BCUT2D eigenvalue weighted by Crippen LogP contribution is -3.61. The number of alkyl halides is 3. The Kier molecular flexibility index (Phi) is 66.5. The molecule has 6 fully saturated rings. The van der Waals surface area contributed by atoms with Crippen molar-refractivity contribution < 1.29 is 98.1 Å². The number of halogens is 9. The van der Waals surface area contributed by atoms with Crippen molar-refractivity contribution in [3.63, 3.8) is 0 Å². The third-order valence-electron chi connectivity index (χ3n) is 25.6. The number of carbonyl (C=O) groups is 6. The summed E-state index contributed by atoms with van der Waals surface area (Å²) < 4.78 is 123. The topological polar surface area (TPSA) is 160 Å². The number of hydrogen-bond acceptors (Lipinski definition) is 9. The van der Waals surface area contributed by atoms with Gasteiger partial charge in [-0.25, -0.2) is 30.4 Å². The number of Topliss-reactive ketones (excluding diaryl/α,β-unsaturated/α-hetero) is 4. The van der Waals surface area contributed by atoms with Crippen LogP contribution in [-0.2, 0) is 126 Å². The molecule has 0 N–H and O–H groups in total. The molecule has 1 unspecified atom stereocenters. The van der Waals surface area contributed by atoms with Crippen LogP contribution in [-0.4, -0.2) is 156 Å². The summed E-state index contributed by atoms with van der Waals surface area (Å²) in [6.45, 7) is 35.3. The number of aryl methyl sites for hydroxylation is 1. The Bertz CT molecular complexity index is 4700. The second kappa shape index (κ2) is 68.9. The first-order chi connectivity index (χ1) is 64.9. The molecule has 6 aliphatic heterocycles. The van der Waals surface area contributed by atoms with Crippen LogP contribution in [0.3, 0.4) is 0 Å². The van der Waals surface area contributed by atoms with Gasteiger partial charge in [-0.15, -0.1) is 0 Å². The number of allylic oxidation sites excluding steroid dienone is 5. The van der Waals surface area contributed by atoms with Crippen LogP contribution >= 0.6 is 0 Å². The summed E-state index contributed by atoms with van der Waals surface area (Å²) in [5.74, 6) is 13.7. The van der Waals surface area contributed by atoms with Gasteiger partial charge in [0, 0.05) is 35.7 Å². The fourth-order valence-electron chi connectivity index (χ4n) is 16.0. The summed E-state index contributed by atoms with van der Waals surface area (Å²) in [5.41, 5.74) is 0.819. The van der Waals surface area contributed by atoms with Crippen molar-refractivity contribution in [1.29, 1.82) is 0 Å². The van der Waals surface area contributed by atoms with Crippen molar-refractivity contribution >= 4 is 121 Å². The van der Waals surface area contributed by atoms with Gasteiger partial charge < -0.3 is 4.55 Å². The molecule has 3 aliphatic carbocycles. The van der Waals surface area contributed by atoms with Gasteiger partial charge in [0.05, 0.1) is 10.9 Å². The van der Waals surface area contributed by atoms with E-state index in [-0.39, 0.29) is 104 Å². The lowest BCUT2D eigenvalue weighted by Gasteiger charge is -2.28. The first kappa shape index (κ1) is 139. The third-order valence-corrected chi connectivity index (χ3v) is 46.2. The second-order valence-corrected chi connectivity index (χ2v) is 61.3. The lowest BCUT2D eigenvalue weighted by molar-refractivity contribution is -0.597. The predicted octanol–water partition coefficient (Wildman–Crippen LogP) is 27.1. The molecule has 0 spiro atoms. The molecule has 0 radical (unpaired) electrons. The van der Waals surface area contributed by atoms with Crippen molar-refractivity contribution in [2.24, 2.45) is 16.2 Å². The van der Waals surface area contributed by atoms with Gasteiger partial charge in [-0.2, -0.15) is 13.2 Å². The molecule has 812 valence electrons. The molecular formula is C118H182F8IO9S8+7. The van der Waals surface area contributed by atoms with Gasteiger partial charge in [0.15, 0.2) is 107 Å². The monoisotopic (exact) mass is 2280 g/mol. The molecule has 1 atom stereocenters. The quantitative estimate of drug-likeness (QED) is 0.0123. The molecule has 6 aromatic rings. The Morgan fingerprint density at radius 1 is 0.458 bits per heavy atom. The third kappa shape index (κ3) is 50.1. The van der Waals surface area contributed by atoms with Gasteiger partial charge in [-0.1, -0.05) is 239 Å². The van der Waals surface area contributed by atoms with Crippen molar-refractivity contribution in [3.8, 4) is 0 Å². The maximum Gasteiger partial charge on any atom is 0.485 e. The first-order valence-electron chi connectivity index (χ1n) is 49.3. The maximum atomic E-state index is 12.4. The SMILES string of the molecule is C.C.C.C.C.C.CC(C)(C)C(=O)C[S+]1CCCC1.CC(C)(C)C(=O)C[S+]1CCCC1.CC1(C)CC(=O)C=C(C[S+]2CCCC2)C1.CCC(=O)C[S+]1CCCC1.CCC(C)(C)c1ccc([I+]c2ccc(C(C)(C)CC)cc2)cc1.Cc1c(F)c(F)c(F)c(F)c1F.Cc1ccc([S+](c2ccccc2)c2ccccc2)cc1.O=C(C[S+]1CCCC1)C1=CCCCC1.O=C1C=CCCC1[S+]1CCCC1.O=S(=O)([O-])C(F)(F)F. The van der Waals surface area contributed by atoms with Crippen LogP contribution in [0.2, 0.25) is 0 Å². The minimum Gasteiger partial charge on any atom is -0.741 e. The largest absolute Gasteiger partial charge is 0.741 e. The highest BCUT2D eigenvalue weighted by Gasteiger charge is 2.41. The summed E-state index contributed by atoms with van der Waals surface area (Å²) in [7, 11) is -3.21. The first-order valence-corrected chi connectivity index (χ1v) is 64.4. The minimum absolute atomic E-state index is 0. The van der Waals surface area contributed by atoms with E-state index in [1.54, 1.807) is 6.08 Å². The highest BCUT2D eigenvalue weighted by Crippen LogP contribution is 2.37. The van der Waals surface area contributed by atoms with Gasteiger partial charge >= 0.3 is 26.7 Å². The van der Waals surface area contributed by atoms with Crippen molar-refractivity contribution in [3.05, 3.63) is 227 Å². The van der Waals surface area contributed by atoms with Crippen LogP contribution < -0.4 is 21.2 Å². The van der Waals surface area contributed by atoms with Crippen LogP contribution in [0.4, 0.5) is 35.1 Å². The molecule has 9 aliphatic rings. The molecular weight excluding hydrogens is 2100 g/mol. The summed E-state index contributed by atoms with van der Waals surface area (Å²) in [5, 5.41) is 0.414. The van der Waals surface area contributed by atoms with E-state index in [0.29, 0.717) is 105 Å². The fraction of sp³-hybridized carbons (Fsp3) is 0.593.